The van der Waals surface area contributed by atoms with Crippen LogP contribution in [0.3, 0.4) is 0 Å². The number of aliphatic carboxylic acids is 1. The maximum atomic E-state index is 13.1. The third-order valence-corrected chi connectivity index (χ3v) is 15.5. The Labute approximate surface area is 257 Å². The topological polar surface area (TPSA) is 124 Å². The van der Waals surface area contributed by atoms with E-state index in [4.69, 9.17) is 4.74 Å². The van der Waals surface area contributed by atoms with Gasteiger partial charge in [-0.1, -0.05) is 60.1 Å². The number of hydrogen-bond acceptors (Lipinski definition) is 6. The van der Waals surface area contributed by atoms with Gasteiger partial charge >= 0.3 is 5.97 Å². The molecule has 6 rings (SSSR count). The van der Waals surface area contributed by atoms with Crippen molar-refractivity contribution in [3.8, 4) is 0 Å². The molecule has 7 nitrogen and oxygen atoms in total. The smallest absolute Gasteiger partial charge is 0.335 e. The zero-order valence-corrected chi connectivity index (χ0v) is 27.4. The van der Waals surface area contributed by atoms with Gasteiger partial charge in [0.05, 0.1) is 6.10 Å². The molecule has 5 fully saturated rings. The number of ether oxygens (including phenoxy) is 1. The van der Waals surface area contributed by atoms with E-state index in [-0.39, 0.29) is 33.0 Å². The van der Waals surface area contributed by atoms with Crippen LogP contribution in [0.5, 0.6) is 0 Å². The van der Waals surface area contributed by atoms with Gasteiger partial charge in [-0.25, -0.2) is 4.79 Å². The van der Waals surface area contributed by atoms with Crippen LogP contribution >= 0.6 is 0 Å². The number of aliphatic hydroxyl groups is 3. The van der Waals surface area contributed by atoms with Gasteiger partial charge in [0.15, 0.2) is 6.10 Å². The van der Waals surface area contributed by atoms with Crippen molar-refractivity contribution in [3.63, 3.8) is 0 Å². The first-order valence-electron chi connectivity index (χ1n) is 17.1. The van der Waals surface area contributed by atoms with E-state index in [1.165, 1.54) is 0 Å². The number of aliphatic hydroxyl groups excluding tert-OH is 3. The fraction of sp³-hybridized carbons (Fsp3) is 0.889. The molecule has 242 valence electrons. The standard InChI is InChI=1S/C36H56O7/c1-19-10-15-36(18-22-27(38)28(39)29(40)30(43-22)31(41)42)17-16-34(6)21(26(36)20(19)2)8-9-24-33(5)13-12-25(37)32(3,4)23(33)11-14-35(24,34)7/h8,19-20,22-24,26-30,38-40H,9-18H2,1-7H3,(H,41,42)/t19-,20+,22+,23?,24?,26?,27?,28?,29+,30?,33+,34-,35-,36-/m1/s1. The van der Waals surface area contributed by atoms with Crippen LogP contribution in [-0.4, -0.2) is 62.7 Å². The monoisotopic (exact) mass is 600 g/mol. The maximum Gasteiger partial charge on any atom is 0.335 e. The molecule has 4 N–H and O–H groups in total. The predicted molar refractivity (Wildman–Crippen MR) is 163 cm³/mol. The molecular weight excluding hydrogens is 544 g/mol. The van der Waals surface area contributed by atoms with E-state index >= 15 is 0 Å². The molecule has 7 heteroatoms. The number of Topliss-reactive ketones (excluding diaryl/α,β-unsaturated/α-hetero) is 1. The van der Waals surface area contributed by atoms with Gasteiger partial charge in [-0.15, -0.1) is 0 Å². The average Bonchev–Trinajstić information content (AvgIpc) is 2.94. The quantitative estimate of drug-likeness (QED) is 0.314. The minimum atomic E-state index is -1.66. The van der Waals surface area contributed by atoms with E-state index in [1.807, 2.05) is 0 Å². The lowest BCUT2D eigenvalue weighted by atomic mass is 9.33. The molecule has 0 amide bonds. The molecule has 1 aliphatic heterocycles. The molecule has 6 unspecified atom stereocenters. The Kier molecular flexibility index (Phi) is 7.45. The van der Waals surface area contributed by atoms with Crippen LogP contribution in [0.4, 0.5) is 0 Å². The molecule has 6 aliphatic rings. The lowest BCUT2D eigenvalue weighted by Crippen LogP contribution is -2.65. The number of carboxylic acids is 1. The summed E-state index contributed by atoms with van der Waals surface area (Å²) in [5.41, 5.74) is 1.36. The molecule has 0 spiro atoms. The zero-order chi connectivity index (χ0) is 31.5. The summed E-state index contributed by atoms with van der Waals surface area (Å²) in [5, 5.41) is 41.8. The molecule has 43 heavy (non-hydrogen) atoms. The van der Waals surface area contributed by atoms with E-state index in [2.05, 4.69) is 54.5 Å². The first-order chi connectivity index (χ1) is 19.9. The molecule has 0 aromatic carbocycles. The van der Waals surface area contributed by atoms with E-state index in [0.717, 1.165) is 51.4 Å². The van der Waals surface area contributed by atoms with Crippen LogP contribution in [0.25, 0.3) is 0 Å². The van der Waals surface area contributed by atoms with Gasteiger partial charge in [0.25, 0.3) is 0 Å². The van der Waals surface area contributed by atoms with Crippen molar-refractivity contribution in [3.05, 3.63) is 11.6 Å². The first-order valence-corrected chi connectivity index (χ1v) is 17.1. The van der Waals surface area contributed by atoms with E-state index < -0.39 is 36.5 Å². The zero-order valence-electron chi connectivity index (χ0n) is 27.4. The lowest BCUT2D eigenvalue weighted by Gasteiger charge is -2.71. The number of carbonyl (C=O) groups excluding carboxylic acids is 1. The van der Waals surface area contributed by atoms with Crippen molar-refractivity contribution in [1.82, 2.24) is 0 Å². The lowest BCUT2D eigenvalue weighted by molar-refractivity contribution is -0.239. The third-order valence-electron chi connectivity index (χ3n) is 15.5. The van der Waals surface area contributed by atoms with Crippen LogP contribution in [0.2, 0.25) is 0 Å². The number of allylic oxidation sites excluding steroid dienone is 2. The SMILES string of the molecule is C[C@@H]1CC[C@]2(C[C@@H]3OC(C(=O)O)[C@@H](O)C(O)C3O)CC[C@]3(C)C(=CCC4[C@@]5(C)CCC(=O)C(C)(C)C5CC[C@]43C)C2[C@H]1C. The van der Waals surface area contributed by atoms with Crippen molar-refractivity contribution >= 4 is 11.8 Å². The van der Waals surface area contributed by atoms with Crippen LogP contribution in [-0.2, 0) is 14.3 Å². The number of carboxylic acid groups (broad SMARTS) is 1. The minimum Gasteiger partial charge on any atom is -0.479 e. The molecule has 4 saturated carbocycles. The number of rotatable bonds is 3. The van der Waals surface area contributed by atoms with Gasteiger partial charge < -0.3 is 25.2 Å². The fourth-order valence-corrected chi connectivity index (χ4v) is 12.5. The second-order valence-electron chi connectivity index (χ2n) is 17.3. The Morgan fingerprint density at radius 1 is 0.907 bits per heavy atom. The minimum absolute atomic E-state index is 0.0142. The van der Waals surface area contributed by atoms with Crippen LogP contribution < -0.4 is 0 Å². The van der Waals surface area contributed by atoms with E-state index in [1.54, 1.807) is 5.57 Å². The molecule has 0 bridgehead atoms. The summed E-state index contributed by atoms with van der Waals surface area (Å²) in [7, 11) is 0. The predicted octanol–water partition coefficient (Wildman–Crippen LogP) is 5.54. The highest BCUT2D eigenvalue weighted by Crippen LogP contribution is 2.76. The summed E-state index contributed by atoms with van der Waals surface area (Å²) in [6.45, 7) is 16.7. The van der Waals surface area contributed by atoms with Crippen molar-refractivity contribution in [2.24, 2.45) is 56.7 Å². The van der Waals surface area contributed by atoms with Crippen molar-refractivity contribution < 1.29 is 34.8 Å². The van der Waals surface area contributed by atoms with Crippen LogP contribution in [0, 0.1) is 56.7 Å². The molecule has 1 heterocycles. The average molecular weight is 601 g/mol. The van der Waals surface area contributed by atoms with Crippen LogP contribution in [0.1, 0.15) is 113 Å². The van der Waals surface area contributed by atoms with E-state index in [9.17, 15) is 30.0 Å². The Morgan fingerprint density at radius 3 is 2.28 bits per heavy atom. The van der Waals surface area contributed by atoms with Gasteiger partial charge in [0.1, 0.15) is 24.1 Å². The largest absolute Gasteiger partial charge is 0.479 e. The molecule has 0 aromatic heterocycles. The van der Waals surface area contributed by atoms with Gasteiger partial charge in [0.2, 0.25) is 0 Å². The number of carbonyl (C=O) groups is 2. The van der Waals surface area contributed by atoms with E-state index in [0.29, 0.717) is 42.3 Å². The summed E-state index contributed by atoms with van der Waals surface area (Å²) in [6.07, 6.45) is 5.08. The molecular formula is C36H56O7. The highest BCUT2D eigenvalue weighted by atomic mass is 16.6. The van der Waals surface area contributed by atoms with Crippen LogP contribution in [0.15, 0.2) is 11.6 Å². The van der Waals surface area contributed by atoms with Gasteiger partial charge in [-0.3, -0.25) is 4.79 Å². The van der Waals surface area contributed by atoms with Gasteiger partial charge in [-0.05, 0) is 109 Å². The Balaban J connectivity index is 1.38. The molecule has 5 aliphatic carbocycles. The molecule has 14 atom stereocenters. The summed E-state index contributed by atoms with van der Waals surface area (Å²) in [6, 6.07) is 0. The summed E-state index contributed by atoms with van der Waals surface area (Å²) < 4.78 is 5.91. The molecule has 0 aromatic rings. The second kappa shape index (κ2) is 10.1. The molecule has 0 radical (unpaired) electrons. The molecule has 1 saturated heterocycles. The van der Waals surface area contributed by atoms with Crippen molar-refractivity contribution in [2.45, 2.75) is 143 Å². The Bertz CT molecular complexity index is 1190. The summed E-state index contributed by atoms with van der Waals surface area (Å²) in [5.74, 6) is 1.28. The fourth-order valence-electron chi connectivity index (χ4n) is 12.5. The maximum absolute atomic E-state index is 13.1. The second-order valence-corrected chi connectivity index (χ2v) is 17.3. The van der Waals surface area contributed by atoms with Crippen molar-refractivity contribution in [1.29, 1.82) is 0 Å². The summed E-state index contributed by atoms with van der Waals surface area (Å²) >= 11 is 0. The number of ketones is 1. The summed E-state index contributed by atoms with van der Waals surface area (Å²) in [4.78, 5) is 25.0. The number of hydrogen-bond donors (Lipinski definition) is 4. The highest BCUT2D eigenvalue weighted by Gasteiger charge is 2.69. The normalized spacial score (nSPS) is 54.4. The Hall–Kier alpha value is -1.28. The Morgan fingerprint density at radius 2 is 1.60 bits per heavy atom. The first kappa shape index (κ1) is 31.7. The third kappa shape index (κ3) is 4.19. The number of fused-ring (bicyclic) bond motifs is 7. The van der Waals surface area contributed by atoms with Crippen molar-refractivity contribution in [2.75, 3.05) is 0 Å². The highest BCUT2D eigenvalue weighted by molar-refractivity contribution is 5.85. The van der Waals surface area contributed by atoms with Gasteiger partial charge in [-0.2, -0.15) is 0 Å². The van der Waals surface area contributed by atoms with Gasteiger partial charge in [0, 0.05) is 11.8 Å².